The Morgan fingerprint density at radius 1 is 1.03 bits per heavy atom. The van der Waals surface area contributed by atoms with Crippen molar-refractivity contribution in [1.82, 2.24) is 9.97 Å². The van der Waals surface area contributed by atoms with Crippen LogP contribution in [-0.4, -0.2) is 9.97 Å². The van der Waals surface area contributed by atoms with Crippen LogP contribution < -0.4 is 4.74 Å². The van der Waals surface area contributed by atoms with Crippen LogP contribution in [0.4, 0.5) is 0 Å². The van der Waals surface area contributed by atoms with Gasteiger partial charge in [0.1, 0.15) is 16.4 Å². The SMILES string of the molecule is Cc1cc(C)cc(Oc2nc(CSc3ccc(Cl)cc3)nc3sc4c(c23)CCC4)c1. The van der Waals surface area contributed by atoms with Gasteiger partial charge in [0, 0.05) is 14.8 Å². The lowest BCUT2D eigenvalue weighted by molar-refractivity contribution is 0.465. The lowest BCUT2D eigenvalue weighted by Gasteiger charge is -2.11. The van der Waals surface area contributed by atoms with E-state index in [4.69, 9.17) is 26.3 Å². The van der Waals surface area contributed by atoms with Gasteiger partial charge in [-0.3, -0.25) is 0 Å². The third-order valence-electron chi connectivity index (χ3n) is 5.17. The van der Waals surface area contributed by atoms with E-state index in [1.165, 1.54) is 28.0 Å². The van der Waals surface area contributed by atoms with Crippen molar-refractivity contribution in [2.75, 3.05) is 0 Å². The van der Waals surface area contributed by atoms with Crippen molar-refractivity contribution >= 4 is 44.9 Å². The van der Waals surface area contributed by atoms with Crippen molar-refractivity contribution in [2.45, 2.75) is 43.8 Å². The van der Waals surface area contributed by atoms with Crippen LogP contribution >= 0.6 is 34.7 Å². The highest BCUT2D eigenvalue weighted by atomic mass is 35.5. The molecule has 2 aromatic heterocycles. The number of aryl methyl sites for hydroxylation is 4. The zero-order valence-corrected chi connectivity index (χ0v) is 19.3. The van der Waals surface area contributed by atoms with Crippen LogP contribution in [0.1, 0.15) is 33.8 Å². The summed E-state index contributed by atoms with van der Waals surface area (Å²) in [6, 6.07) is 14.2. The fourth-order valence-corrected chi connectivity index (χ4v) is 6.08. The summed E-state index contributed by atoms with van der Waals surface area (Å²) in [5.74, 6) is 3.00. The minimum atomic E-state index is 0.684. The second kappa shape index (κ2) is 8.22. The molecule has 0 aliphatic heterocycles. The molecule has 2 aromatic carbocycles. The van der Waals surface area contributed by atoms with E-state index >= 15 is 0 Å². The standard InChI is InChI=1S/C24H21ClN2OS2/c1-14-10-15(2)12-17(11-14)28-23-22-19-4-3-5-20(19)30-24(22)27-21(26-23)13-29-18-8-6-16(25)7-9-18/h6-12H,3-5,13H2,1-2H3. The predicted molar refractivity (Wildman–Crippen MR) is 126 cm³/mol. The van der Waals surface area contributed by atoms with Gasteiger partial charge in [-0.15, -0.1) is 23.1 Å². The van der Waals surface area contributed by atoms with Crippen molar-refractivity contribution in [3.63, 3.8) is 0 Å². The zero-order chi connectivity index (χ0) is 20.7. The summed E-state index contributed by atoms with van der Waals surface area (Å²) in [7, 11) is 0. The van der Waals surface area contributed by atoms with Crippen molar-refractivity contribution in [1.29, 1.82) is 0 Å². The molecule has 4 aromatic rings. The second-order valence-corrected chi connectivity index (χ2v) is 10.2. The Bertz CT molecular complexity index is 1210. The number of thiophene rings is 1. The molecule has 0 atom stereocenters. The van der Waals surface area contributed by atoms with Gasteiger partial charge in [-0.25, -0.2) is 4.98 Å². The molecule has 1 aliphatic rings. The van der Waals surface area contributed by atoms with Crippen LogP contribution in [0.25, 0.3) is 10.2 Å². The van der Waals surface area contributed by atoms with Crippen LogP contribution in [0.2, 0.25) is 5.02 Å². The summed E-state index contributed by atoms with van der Waals surface area (Å²) in [5, 5.41) is 1.85. The quantitative estimate of drug-likeness (QED) is 0.293. The molecule has 1 aliphatic carbocycles. The number of nitrogens with zero attached hydrogens (tertiary/aromatic N) is 2. The third kappa shape index (κ3) is 4.07. The molecule has 0 saturated heterocycles. The molecular weight excluding hydrogens is 432 g/mol. The van der Waals surface area contributed by atoms with Gasteiger partial charge < -0.3 is 4.74 Å². The van der Waals surface area contributed by atoms with E-state index in [0.717, 1.165) is 44.6 Å². The minimum Gasteiger partial charge on any atom is -0.438 e. The van der Waals surface area contributed by atoms with Crippen LogP contribution in [0.5, 0.6) is 11.6 Å². The number of halogens is 1. The van der Waals surface area contributed by atoms with Crippen molar-refractivity contribution in [2.24, 2.45) is 0 Å². The Morgan fingerprint density at radius 3 is 2.57 bits per heavy atom. The van der Waals surface area contributed by atoms with Crippen molar-refractivity contribution < 1.29 is 4.74 Å². The first kappa shape index (κ1) is 19.9. The number of thioether (sulfide) groups is 1. The average Bonchev–Trinajstić information content (AvgIpc) is 3.27. The molecule has 0 fully saturated rings. The Hall–Kier alpha value is -2.08. The first-order chi connectivity index (χ1) is 14.5. The number of ether oxygens (including phenoxy) is 1. The number of hydrogen-bond donors (Lipinski definition) is 0. The first-order valence-electron chi connectivity index (χ1n) is 10.0. The second-order valence-electron chi connectivity index (χ2n) is 7.65. The number of rotatable bonds is 5. The Morgan fingerprint density at radius 2 is 1.80 bits per heavy atom. The molecule has 152 valence electrons. The summed E-state index contributed by atoms with van der Waals surface area (Å²) in [4.78, 5) is 13.4. The lowest BCUT2D eigenvalue weighted by Crippen LogP contribution is -1.98. The van der Waals surface area contributed by atoms with Crippen molar-refractivity contribution in [3.05, 3.63) is 74.9 Å². The molecule has 6 heteroatoms. The van der Waals surface area contributed by atoms with Gasteiger partial charge in [-0.2, -0.15) is 4.98 Å². The minimum absolute atomic E-state index is 0.684. The van der Waals surface area contributed by atoms with Crippen LogP contribution in [0, 0.1) is 13.8 Å². The van der Waals surface area contributed by atoms with Gasteiger partial charge in [-0.1, -0.05) is 17.7 Å². The maximum Gasteiger partial charge on any atom is 0.231 e. The fourth-order valence-electron chi connectivity index (χ4n) is 3.93. The predicted octanol–water partition coefficient (Wildman–Crippen LogP) is 7.53. The molecule has 0 amide bonds. The Labute approximate surface area is 189 Å². The topological polar surface area (TPSA) is 35.0 Å². The summed E-state index contributed by atoms with van der Waals surface area (Å²) >= 11 is 9.51. The van der Waals surface area contributed by atoms with E-state index in [2.05, 4.69) is 32.0 Å². The molecule has 0 spiro atoms. The maximum atomic E-state index is 6.37. The van der Waals surface area contributed by atoms with Gasteiger partial charge >= 0.3 is 0 Å². The van der Waals surface area contributed by atoms with Gasteiger partial charge in [0.15, 0.2) is 0 Å². The molecule has 2 heterocycles. The number of fused-ring (bicyclic) bond motifs is 3. The molecular formula is C24H21ClN2OS2. The molecule has 0 bridgehead atoms. The maximum absolute atomic E-state index is 6.37. The van der Waals surface area contributed by atoms with Crippen LogP contribution in [0.3, 0.4) is 0 Å². The Balaban J connectivity index is 1.52. The summed E-state index contributed by atoms with van der Waals surface area (Å²) in [5.41, 5.74) is 3.75. The molecule has 5 rings (SSSR count). The molecule has 30 heavy (non-hydrogen) atoms. The zero-order valence-electron chi connectivity index (χ0n) is 16.9. The largest absolute Gasteiger partial charge is 0.438 e. The first-order valence-corrected chi connectivity index (χ1v) is 12.2. The smallest absolute Gasteiger partial charge is 0.231 e. The Kier molecular flexibility index (Phi) is 5.44. The van der Waals surface area contributed by atoms with Crippen molar-refractivity contribution in [3.8, 4) is 11.6 Å². The monoisotopic (exact) mass is 452 g/mol. The van der Waals surface area contributed by atoms with Gasteiger partial charge in [-0.05, 0) is 86.2 Å². The molecule has 0 unspecified atom stereocenters. The van der Waals surface area contributed by atoms with Gasteiger partial charge in [0.25, 0.3) is 0 Å². The molecule has 0 N–H and O–H groups in total. The van der Waals surface area contributed by atoms with Crippen LogP contribution in [0.15, 0.2) is 47.4 Å². The van der Waals surface area contributed by atoms with Crippen LogP contribution in [-0.2, 0) is 18.6 Å². The highest BCUT2D eigenvalue weighted by molar-refractivity contribution is 7.98. The summed E-state index contributed by atoms with van der Waals surface area (Å²) < 4.78 is 6.37. The van der Waals surface area contributed by atoms with Gasteiger partial charge in [0.05, 0.1) is 11.1 Å². The lowest BCUT2D eigenvalue weighted by atomic mass is 10.1. The van der Waals surface area contributed by atoms with E-state index in [1.54, 1.807) is 23.1 Å². The number of hydrogen-bond acceptors (Lipinski definition) is 5. The highest BCUT2D eigenvalue weighted by Gasteiger charge is 2.23. The van der Waals surface area contributed by atoms with E-state index in [-0.39, 0.29) is 0 Å². The number of aromatic nitrogens is 2. The summed E-state index contributed by atoms with van der Waals surface area (Å²) in [6.45, 7) is 4.18. The van der Waals surface area contributed by atoms with Gasteiger partial charge in [0.2, 0.25) is 5.88 Å². The third-order valence-corrected chi connectivity index (χ3v) is 7.61. The molecule has 0 saturated carbocycles. The normalized spacial score (nSPS) is 13.0. The number of benzene rings is 2. The highest BCUT2D eigenvalue weighted by Crippen LogP contribution is 2.42. The van der Waals surface area contributed by atoms with E-state index < -0.39 is 0 Å². The molecule has 0 radical (unpaired) electrons. The van der Waals surface area contributed by atoms with E-state index in [0.29, 0.717) is 11.6 Å². The van der Waals surface area contributed by atoms with E-state index in [1.807, 2.05) is 24.3 Å². The molecule has 3 nitrogen and oxygen atoms in total. The fraction of sp³-hybridized carbons (Fsp3) is 0.250. The summed E-state index contributed by atoms with van der Waals surface area (Å²) in [6.07, 6.45) is 3.42. The van der Waals surface area contributed by atoms with E-state index in [9.17, 15) is 0 Å². The average molecular weight is 453 g/mol.